The lowest BCUT2D eigenvalue weighted by molar-refractivity contribution is 0.517. The van der Waals surface area contributed by atoms with Crippen molar-refractivity contribution in [3.63, 3.8) is 0 Å². The Kier molecular flexibility index (Phi) is 3.87. The van der Waals surface area contributed by atoms with Gasteiger partial charge in [0, 0.05) is 5.92 Å². The van der Waals surface area contributed by atoms with Crippen LogP contribution in [0.25, 0.3) is 32.7 Å². The molecule has 2 aliphatic rings. The lowest BCUT2D eigenvalue weighted by Gasteiger charge is -2.20. The van der Waals surface area contributed by atoms with Gasteiger partial charge in [-0.25, -0.2) is 0 Å². The van der Waals surface area contributed by atoms with Crippen molar-refractivity contribution in [2.75, 3.05) is 0 Å². The van der Waals surface area contributed by atoms with Crippen LogP contribution in [0.3, 0.4) is 0 Å². The molecule has 31 heavy (non-hydrogen) atoms. The molecule has 1 atom stereocenters. The van der Waals surface area contributed by atoms with Crippen molar-refractivity contribution in [3.8, 4) is 11.1 Å². The lowest BCUT2D eigenvalue weighted by atomic mass is 9.83. The Hall–Kier alpha value is -3.12. The van der Waals surface area contributed by atoms with Crippen LogP contribution < -0.4 is 0 Å². The van der Waals surface area contributed by atoms with Crippen molar-refractivity contribution in [1.82, 2.24) is 0 Å². The minimum Gasteiger partial charge on any atom is -0.0692 e. The molecule has 0 aliphatic heterocycles. The summed E-state index contributed by atoms with van der Waals surface area (Å²) in [7, 11) is 0. The van der Waals surface area contributed by atoms with E-state index in [-0.39, 0.29) is 5.41 Å². The molecule has 0 saturated heterocycles. The molecule has 0 aromatic heterocycles. The second kappa shape index (κ2) is 6.44. The normalized spacial score (nSPS) is 17.6. The quantitative estimate of drug-likeness (QED) is 0.247. The van der Waals surface area contributed by atoms with Crippen molar-refractivity contribution >= 4 is 21.5 Å². The molecule has 0 nitrogen and oxygen atoms in total. The van der Waals surface area contributed by atoms with Crippen LogP contribution in [0.15, 0.2) is 90.0 Å². The van der Waals surface area contributed by atoms with Gasteiger partial charge in [-0.15, -0.1) is 0 Å². The van der Waals surface area contributed by atoms with E-state index in [9.17, 15) is 0 Å². The fraction of sp³-hybridized carbons (Fsp3) is 0.226. The monoisotopic (exact) mass is 400 g/mol. The van der Waals surface area contributed by atoms with Crippen LogP contribution in [0.5, 0.6) is 0 Å². The summed E-state index contributed by atoms with van der Waals surface area (Å²) >= 11 is 0. The standard InChI is InChI=1S/C31H28/c1-19-16-21(31(2,3)4)18-27(19)25-14-9-15-26-29-22-11-6-5-10-20(22)17-28(29)23-12-7-8-13-24(23)30(25)26/h5-16,18,27H,17H2,1-4H3. The Morgan fingerprint density at radius 1 is 0.774 bits per heavy atom. The van der Waals surface area contributed by atoms with E-state index < -0.39 is 0 Å². The smallest absolute Gasteiger partial charge is 0.0241 e. The van der Waals surface area contributed by atoms with E-state index in [4.69, 9.17) is 0 Å². The Balaban J connectivity index is 1.72. The number of benzene rings is 4. The van der Waals surface area contributed by atoms with E-state index in [0.29, 0.717) is 5.92 Å². The minimum absolute atomic E-state index is 0.169. The van der Waals surface area contributed by atoms with Gasteiger partial charge in [0.05, 0.1) is 0 Å². The molecule has 4 aromatic carbocycles. The van der Waals surface area contributed by atoms with Gasteiger partial charge >= 0.3 is 0 Å². The van der Waals surface area contributed by atoms with E-state index in [2.05, 4.69) is 107 Å². The van der Waals surface area contributed by atoms with Crippen LogP contribution in [0, 0.1) is 5.41 Å². The summed E-state index contributed by atoms with van der Waals surface area (Å²) in [6.45, 7) is 9.23. The van der Waals surface area contributed by atoms with E-state index >= 15 is 0 Å². The van der Waals surface area contributed by atoms with E-state index in [1.54, 1.807) is 0 Å². The molecule has 1 unspecified atom stereocenters. The molecule has 4 aromatic rings. The Morgan fingerprint density at radius 3 is 2.26 bits per heavy atom. The summed E-state index contributed by atoms with van der Waals surface area (Å²) in [5.74, 6) is 0.344. The first-order valence-corrected chi connectivity index (χ1v) is 11.4. The summed E-state index contributed by atoms with van der Waals surface area (Å²) in [6.07, 6.45) is 5.94. The first-order valence-electron chi connectivity index (χ1n) is 11.4. The fourth-order valence-electron chi connectivity index (χ4n) is 5.70. The number of rotatable bonds is 1. The first kappa shape index (κ1) is 18.6. The van der Waals surface area contributed by atoms with Crippen molar-refractivity contribution in [1.29, 1.82) is 0 Å². The highest BCUT2D eigenvalue weighted by Gasteiger charge is 2.29. The maximum Gasteiger partial charge on any atom is 0.0241 e. The molecule has 0 heteroatoms. The number of allylic oxidation sites excluding steroid dienone is 4. The maximum atomic E-state index is 2.50. The highest BCUT2D eigenvalue weighted by Crippen LogP contribution is 2.49. The summed E-state index contributed by atoms with van der Waals surface area (Å²) in [4.78, 5) is 0. The molecular weight excluding hydrogens is 372 g/mol. The van der Waals surface area contributed by atoms with Gasteiger partial charge in [0.25, 0.3) is 0 Å². The fourth-order valence-corrected chi connectivity index (χ4v) is 5.70. The first-order chi connectivity index (χ1) is 14.9. The zero-order chi connectivity index (χ0) is 21.3. The topological polar surface area (TPSA) is 0 Å². The predicted molar refractivity (Wildman–Crippen MR) is 134 cm³/mol. The largest absolute Gasteiger partial charge is 0.0692 e. The molecule has 6 rings (SSSR count). The van der Waals surface area contributed by atoms with Crippen molar-refractivity contribution in [2.45, 2.75) is 40.0 Å². The van der Waals surface area contributed by atoms with Crippen LogP contribution >= 0.6 is 0 Å². The SMILES string of the molecule is CC1=CC(C(C)(C)C)=CC1c1cccc2c3c(c4ccccc4c12)Cc1ccccc1-3. The van der Waals surface area contributed by atoms with Gasteiger partial charge in [-0.3, -0.25) is 0 Å². The molecule has 152 valence electrons. The van der Waals surface area contributed by atoms with Gasteiger partial charge in [-0.05, 0) is 73.7 Å². The summed E-state index contributed by atoms with van der Waals surface area (Å²) in [6, 6.07) is 25.0. The maximum absolute atomic E-state index is 2.50. The third-order valence-corrected chi connectivity index (χ3v) is 7.26. The van der Waals surface area contributed by atoms with Crippen LogP contribution in [-0.2, 0) is 6.42 Å². The summed E-state index contributed by atoms with van der Waals surface area (Å²) < 4.78 is 0. The molecule has 0 fully saturated rings. The Morgan fingerprint density at radius 2 is 1.48 bits per heavy atom. The molecular formula is C31H28. The van der Waals surface area contributed by atoms with Crippen LogP contribution in [0.2, 0.25) is 0 Å². The van der Waals surface area contributed by atoms with Crippen molar-refractivity contribution < 1.29 is 0 Å². The molecule has 0 N–H and O–H groups in total. The zero-order valence-corrected chi connectivity index (χ0v) is 18.8. The van der Waals surface area contributed by atoms with Gasteiger partial charge in [0.1, 0.15) is 0 Å². The third kappa shape index (κ3) is 2.67. The third-order valence-electron chi connectivity index (χ3n) is 7.26. The van der Waals surface area contributed by atoms with Crippen molar-refractivity contribution in [3.05, 3.63) is 107 Å². The zero-order valence-electron chi connectivity index (χ0n) is 18.8. The van der Waals surface area contributed by atoms with Crippen molar-refractivity contribution in [2.24, 2.45) is 5.41 Å². The van der Waals surface area contributed by atoms with E-state index in [1.807, 2.05) is 0 Å². The number of fused-ring (bicyclic) bond motifs is 8. The Bertz CT molecular complexity index is 1440. The summed E-state index contributed by atoms with van der Waals surface area (Å²) in [5, 5.41) is 5.64. The van der Waals surface area contributed by atoms with Gasteiger partial charge in [-0.2, -0.15) is 0 Å². The van der Waals surface area contributed by atoms with Crippen LogP contribution in [-0.4, -0.2) is 0 Å². The minimum atomic E-state index is 0.169. The highest BCUT2D eigenvalue weighted by molar-refractivity contribution is 6.18. The van der Waals surface area contributed by atoms with Crippen LogP contribution in [0.4, 0.5) is 0 Å². The molecule has 0 amide bonds. The number of hydrogen-bond acceptors (Lipinski definition) is 0. The molecule has 0 bridgehead atoms. The molecule has 0 heterocycles. The van der Waals surface area contributed by atoms with Crippen LogP contribution in [0.1, 0.15) is 50.3 Å². The average molecular weight is 401 g/mol. The molecule has 2 aliphatic carbocycles. The molecule has 0 radical (unpaired) electrons. The molecule has 0 spiro atoms. The van der Waals surface area contributed by atoms with Gasteiger partial charge in [0.15, 0.2) is 0 Å². The Labute approximate surface area is 184 Å². The molecule has 0 saturated carbocycles. The second-order valence-corrected chi connectivity index (χ2v) is 10.2. The van der Waals surface area contributed by atoms with Gasteiger partial charge in [-0.1, -0.05) is 105 Å². The van der Waals surface area contributed by atoms with Gasteiger partial charge in [0.2, 0.25) is 0 Å². The second-order valence-electron chi connectivity index (χ2n) is 10.2. The highest BCUT2D eigenvalue weighted by atomic mass is 14.3. The predicted octanol–water partition coefficient (Wildman–Crippen LogP) is 8.58. The summed E-state index contributed by atoms with van der Waals surface area (Å²) in [5.41, 5.74) is 10.3. The lowest BCUT2D eigenvalue weighted by Crippen LogP contribution is -2.06. The van der Waals surface area contributed by atoms with Gasteiger partial charge < -0.3 is 0 Å². The number of hydrogen-bond donors (Lipinski definition) is 0. The van der Waals surface area contributed by atoms with E-state index in [0.717, 1.165) is 6.42 Å². The average Bonchev–Trinajstić information content (AvgIpc) is 3.34. The van der Waals surface area contributed by atoms with E-state index in [1.165, 1.54) is 60.5 Å².